The third-order valence-electron chi connectivity index (χ3n) is 4.10. The van der Waals surface area contributed by atoms with Gasteiger partial charge >= 0.3 is 6.09 Å². The Bertz CT molecular complexity index is 531. The summed E-state index contributed by atoms with van der Waals surface area (Å²) in [5, 5.41) is 12.4. The maximum Gasteiger partial charge on any atom is 0.407 e. The molecule has 6 heteroatoms. The van der Waals surface area contributed by atoms with E-state index in [4.69, 9.17) is 4.74 Å². The zero-order valence-electron chi connectivity index (χ0n) is 15.1. The maximum atomic E-state index is 12.0. The SMILES string of the molecule is CN1CCN([C@H](CNC(=O)OC(C)(C)C)c2ccc(O)cc2)CC1. The van der Waals surface area contributed by atoms with Gasteiger partial charge in [0, 0.05) is 32.7 Å². The molecular formula is C18H29N3O3. The number of amides is 1. The molecule has 6 nitrogen and oxygen atoms in total. The number of carbonyl (C=O) groups is 1. The van der Waals surface area contributed by atoms with Crippen molar-refractivity contribution in [3.63, 3.8) is 0 Å². The largest absolute Gasteiger partial charge is 0.508 e. The summed E-state index contributed by atoms with van der Waals surface area (Å²) >= 11 is 0. The Morgan fingerprint density at radius 3 is 2.33 bits per heavy atom. The number of likely N-dealkylation sites (N-methyl/N-ethyl adjacent to an activating group) is 1. The standard InChI is InChI=1S/C18H29N3O3/c1-18(2,3)24-17(23)19-13-16(14-5-7-15(22)8-6-14)21-11-9-20(4)10-12-21/h5-8,16,22H,9-13H2,1-4H3,(H,19,23)/t16-/m1/s1. The number of nitrogens with one attached hydrogen (secondary N) is 1. The van der Waals surface area contributed by atoms with Crippen LogP contribution in [0.2, 0.25) is 0 Å². The van der Waals surface area contributed by atoms with Gasteiger partial charge in [-0.3, -0.25) is 4.90 Å². The minimum Gasteiger partial charge on any atom is -0.508 e. The van der Waals surface area contributed by atoms with Crippen LogP contribution in [0, 0.1) is 0 Å². The summed E-state index contributed by atoms with van der Waals surface area (Å²) in [5.74, 6) is 0.246. The highest BCUT2D eigenvalue weighted by molar-refractivity contribution is 5.67. The number of hydrogen-bond acceptors (Lipinski definition) is 5. The number of ether oxygens (including phenoxy) is 1. The molecule has 0 saturated carbocycles. The van der Waals surface area contributed by atoms with Gasteiger partial charge in [0.1, 0.15) is 11.4 Å². The molecule has 1 aromatic carbocycles. The van der Waals surface area contributed by atoms with Gasteiger partial charge in [-0.25, -0.2) is 4.79 Å². The molecule has 0 unspecified atom stereocenters. The summed E-state index contributed by atoms with van der Waals surface area (Å²) in [7, 11) is 2.12. The number of nitrogens with zero attached hydrogens (tertiary/aromatic N) is 2. The molecule has 0 bridgehead atoms. The van der Waals surface area contributed by atoms with Gasteiger partial charge in [-0.2, -0.15) is 0 Å². The quantitative estimate of drug-likeness (QED) is 0.883. The molecule has 0 aliphatic carbocycles. The van der Waals surface area contributed by atoms with E-state index in [1.807, 2.05) is 32.9 Å². The fraction of sp³-hybridized carbons (Fsp3) is 0.611. The Labute approximate surface area is 144 Å². The van der Waals surface area contributed by atoms with Crippen LogP contribution in [-0.4, -0.2) is 66.4 Å². The topological polar surface area (TPSA) is 65.0 Å². The van der Waals surface area contributed by atoms with Crippen molar-refractivity contribution in [2.45, 2.75) is 32.4 Å². The summed E-state index contributed by atoms with van der Waals surface area (Å²) < 4.78 is 5.33. The average Bonchev–Trinajstić information content (AvgIpc) is 2.49. The number of hydrogen-bond donors (Lipinski definition) is 2. The molecule has 1 aromatic rings. The molecule has 134 valence electrons. The highest BCUT2D eigenvalue weighted by Gasteiger charge is 2.25. The lowest BCUT2D eigenvalue weighted by Gasteiger charge is -2.38. The summed E-state index contributed by atoms with van der Waals surface area (Å²) in [6.45, 7) is 9.92. The van der Waals surface area contributed by atoms with Crippen LogP contribution >= 0.6 is 0 Å². The Hall–Kier alpha value is -1.79. The zero-order chi connectivity index (χ0) is 17.7. The van der Waals surface area contributed by atoms with Crippen LogP contribution in [0.5, 0.6) is 5.75 Å². The fourth-order valence-corrected chi connectivity index (χ4v) is 2.78. The van der Waals surface area contributed by atoms with Crippen molar-refractivity contribution in [3.05, 3.63) is 29.8 Å². The average molecular weight is 335 g/mol. The van der Waals surface area contributed by atoms with E-state index >= 15 is 0 Å². The maximum absolute atomic E-state index is 12.0. The molecule has 1 aliphatic heterocycles. The second-order valence-electron chi connectivity index (χ2n) is 7.33. The van der Waals surface area contributed by atoms with Gasteiger partial charge < -0.3 is 20.1 Å². The normalized spacial score (nSPS) is 18.2. The lowest BCUT2D eigenvalue weighted by Crippen LogP contribution is -2.48. The Morgan fingerprint density at radius 1 is 1.21 bits per heavy atom. The van der Waals surface area contributed by atoms with Crippen LogP contribution in [-0.2, 0) is 4.74 Å². The number of aromatic hydroxyl groups is 1. The van der Waals surface area contributed by atoms with E-state index in [1.165, 1.54) is 0 Å². The van der Waals surface area contributed by atoms with Crippen molar-refractivity contribution in [1.82, 2.24) is 15.1 Å². The number of phenols is 1. The third-order valence-corrected chi connectivity index (χ3v) is 4.10. The van der Waals surface area contributed by atoms with Crippen molar-refractivity contribution in [1.29, 1.82) is 0 Å². The molecule has 1 amide bonds. The first kappa shape index (κ1) is 18.5. The Balaban J connectivity index is 2.05. The summed E-state index contributed by atoms with van der Waals surface area (Å²) in [4.78, 5) is 16.6. The lowest BCUT2D eigenvalue weighted by molar-refractivity contribution is 0.0490. The smallest absolute Gasteiger partial charge is 0.407 e. The Morgan fingerprint density at radius 2 is 1.79 bits per heavy atom. The first-order valence-electron chi connectivity index (χ1n) is 8.43. The molecule has 0 aromatic heterocycles. The van der Waals surface area contributed by atoms with E-state index in [9.17, 15) is 9.90 Å². The Kier molecular flexibility index (Phi) is 6.07. The summed E-state index contributed by atoms with van der Waals surface area (Å²) in [6, 6.07) is 7.26. The number of piperazine rings is 1. The number of carbonyl (C=O) groups excluding carboxylic acids is 1. The van der Waals surface area contributed by atoms with E-state index in [0.29, 0.717) is 6.54 Å². The van der Waals surface area contributed by atoms with Crippen LogP contribution < -0.4 is 5.32 Å². The minimum absolute atomic E-state index is 0.0619. The summed E-state index contributed by atoms with van der Waals surface area (Å²) in [5.41, 5.74) is 0.569. The number of rotatable bonds is 4. The number of benzene rings is 1. The molecule has 0 radical (unpaired) electrons. The number of alkyl carbamates (subject to hydrolysis) is 1. The molecule has 1 aliphatic rings. The van der Waals surface area contributed by atoms with Crippen molar-refractivity contribution in [2.75, 3.05) is 39.8 Å². The molecule has 2 N–H and O–H groups in total. The van der Waals surface area contributed by atoms with E-state index in [2.05, 4.69) is 22.2 Å². The first-order valence-corrected chi connectivity index (χ1v) is 8.43. The van der Waals surface area contributed by atoms with E-state index < -0.39 is 11.7 Å². The molecule has 1 fully saturated rings. The van der Waals surface area contributed by atoms with Gasteiger partial charge in [0.05, 0.1) is 6.04 Å². The van der Waals surface area contributed by atoms with Crippen LogP contribution in [0.3, 0.4) is 0 Å². The molecule has 1 heterocycles. The van der Waals surface area contributed by atoms with E-state index in [1.54, 1.807) is 12.1 Å². The molecule has 0 spiro atoms. The van der Waals surface area contributed by atoms with Gasteiger partial charge in [0.25, 0.3) is 0 Å². The molecule has 24 heavy (non-hydrogen) atoms. The monoisotopic (exact) mass is 335 g/mol. The van der Waals surface area contributed by atoms with Gasteiger partial charge in [-0.1, -0.05) is 12.1 Å². The van der Waals surface area contributed by atoms with Crippen LogP contribution in [0.15, 0.2) is 24.3 Å². The van der Waals surface area contributed by atoms with E-state index in [0.717, 1.165) is 31.7 Å². The van der Waals surface area contributed by atoms with Crippen LogP contribution in [0.4, 0.5) is 4.79 Å². The number of phenolic OH excluding ortho intramolecular Hbond substituents is 1. The van der Waals surface area contributed by atoms with Crippen LogP contribution in [0.25, 0.3) is 0 Å². The predicted octanol–water partition coefficient (Wildman–Crippen LogP) is 2.21. The molecule has 1 saturated heterocycles. The third kappa shape index (κ3) is 5.69. The summed E-state index contributed by atoms with van der Waals surface area (Å²) in [6.07, 6.45) is -0.402. The molecule has 1 atom stereocenters. The van der Waals surface area contributed by atoms with Gasteiger partial charge in [0.2, 0.25) is 0 Å². The molecule has 2 rings (SSSR count). The van der Waals surface area contributed by atoms with E-state index in [-0.39, 0.29) is 11.8 Å². The van der Waals surface area contributed by atoms with Crippen molar-refractivity contribution < 1.29 is 14.6 Å². The van der Waals surface area contributed by atoms with Gasteiger partial charge in [-0.15, -0.1) is 0 Å². The second kappa shape index (κ2) is 7.85. The van der Waals surface area contributed by atoms with Crippen LogP contribution in [0.1, 0.15) is 32.4 Å². The highest BCUT2D eigenvalue weighted by atomic mass is 16.6. The highest BCUT2D eigenvalue weighted by Crippen LogP contribution is 2.23. The lowest BCUT2D eigenvalue weighted by atomic mass is 10.0. The molecular weight excluding hydrogens is 306 g/mol. The predicted molar refractivity (Wildman–Crippen MR) is 94.2 cm³/mol. The van der Waals surface area contributed by atoms with Gasteiger partial charge in [-0.05, 0) is 45.5 Å². The van der Waals surface area contributed by atoms with Crippen molar-refractivity contribution >= 4 is 6.09 Å². The zero-order valence-corrected chi connectivity index (χ0v) is 15.1. The van der Waals surface area contributed by atoms with Crippen molar-refractivity contribution in [3.8, 4) is 5.75 Å². The first-order chi connectivity index (χ1) is 11.2. The van der Waals surface area contributed by atoms with Crippen molar-refractivity contribution in [2.24, 2.45) is 0 Å². The fourth-order valence-electron chi connectivity index (χ4n) is 2.78. The second-order valence-corrected chi connectivity index (χ2v) is 7.33. The minimum atomic E-state index is -0.508. The van der Waals surface area contributed by atoms with Gasteiger partial charge in [0.15, 0.2) is 0 Å².